The van der Waals surface area contributed by atoms with Crippen LogP contribution in [-0.2, 0) is 6.54 Å². The molecule has 2 aromatic rings. The molecule has 0 aliphatic heterocycles. The number of methoxy groups -OCH3 is 1. The Kier molecular flexibility index (Phi) is 4.99. The van der Waals surface area contributed by atoms with E-state index in [-0.39, 0.29) is 12.4 Å². The molecule has 0 aliphatic rings. The van der Waals surface area contributed by atoms with Crippen molar-refractivity contribution >= 4 is 5.69 Å². The van der Waals surface area contributed by atoms with Gasteiger partial charge >= 0.3 is 0 Å². The smallest absolute Gasteiger partial charge is 0.174 e. The van der Waals surface area contributed by atoms with E-state index in [4.69, 9.17) is 14.7 Å². The molecular formula is C16H15FN2O2. The third-order valence-corrected chi connectivity index (χ3v) is 2.85. The summed E-state index contributed by atoms with van der Waals surface area (Å²) >= 11 is 0. The van der Waals surface area contributed by atoms with Gasteiger partial charge in [-0.05, 0) is 29.8 Å². The molecule has 0 aliphatic carbocycles. The summed E-state index contributed by atoms with van der Waals surface area (Å²) in [6, 6.07) is 14.0. The van der Waals surface area contributed by atoms with Crippen molar-refractivity contribution in [2.24, 2.45) is 0 Å². The lowest BCUT2D eigenvalue weighted by molar-refractivity contribution is 0.368. The lowest BCUT2D eigenvalue weighted by Crippen LogP contribution is -2.01. The van der Waals surface area contributed by atoms with Crippen LogP contribution in [0.4, 0.5) is 10.1 Å². The number of hydrogen-bond donors (Lipinski definition) is 1. The molecule has 0 atom stereocenters. The maximum Gasteiger partial charge on any atom is 0.174 e. The molecule has 0 radical (unpaired) electrons. The highest BCUT2D eigenvalue weighted by Gasteiger charge is 2.03. The molecule has 0 saturated heterocycles. The fourth-order valence-corrected chi connectivity index (χ4v) is 1.83. The number of rotatable bonds is 6. The number of benzene rings is 2. The van der Waals surface area contributed by atoms with Gasteiger partial charge in [-0.3, -0.25) is 0 Å². The van der Waals surface area contributed by atoms with Gasteiger partial charge in [0.05, 0.1) is 7.11 Å². The highest BCUT2D eigenvalue weighted by atomic mass is 19.1. The van der Waals surface area contributed by atoms with Crippen molar-refractivity contribution < 1.29 is 13.9 Å². The Morgan fingerprint density at radius 2 is 2.10 bits per heavy atom. The van der Waals surface area contributed by atoms with Crippen LogP contribution in [-0.4, -0.2) is 13.7 Å². The van der Waals surface area contributed by atoms with E-state index in [0.717, 1.165) is 11.3 Å². The number of nitrogens with one attached hydrogen (secondary N) is 1. The molecule has 1 N–H and O–H groups in total. The first-order valence-corrected chi connectivity index (χ1v) is 6.39. The quantitative estimate of drug-likeness (QED) is 0.884. The minimum atomic E-state index is -0.394. The minimum absolute atomic E-state index is 0.0199. The Hall–Kier alpha value is -2.74. The van der Waals surface area contributed by atoms with Gasteiger partial charge in [-0.15, -0.1) is 0 Å². The second-order valence-corrected chi connectivity index (χ2v) is 4.30. The van der Waals surface area contributed by atoms with E-state index >= 15 is 0 Å². The van der Waals surface area contributed by atoms with Gasteiger partial charge in [0.25, 0.3) is 0 Å². The summed E-state index contributed by atoms with van der Waals surface area (Å²) in [5.41, 5.74) is 1.75. The Bertz CT molecular complexity index is 653. The van der Waals surface area contributed by atoms with Crippen molar-refractivity contribution in [3.8, 4) is 17.6 Å². The zero-order chi connectivity index (χ0) is 15.1. The van der Waals surface area contributed by atoms with Crippen LogP contribution in [0.1, 0.15) is 5.56 Å². The average molecular weight is 286 g/mol. The molecule has 0 amide bonds. The van der Waals surface area contributed by atoms with Crippen LogP contribution >= 0.6 is 0 Å². The van der Waals surface area contributed by atoms with Crippen LogP contribution in [0.15, 0.2) is 42.5 Å². The summed E-state index contributed by atoms with van der Waals surface area (Å²) in [6.45, 7) is 0.574. The summed E-state index contributed by atoms with van der Waals surface area (Å²) in [5.74, 6) is 0.452. The molecule has 5 heteroatoms. The molecule has 0 unspecified atom stereocenters. The van der Waals surface area contributed by atoms with E-state index in [1.165, 1.54) is 13.2 Å². The van der Waals surface area contributed by atoms with Crippen LogP contribution in [0.5, 0.6) is 11.5 Å². The van der Waals surface area contributed by atoms with Crippen molar-refractivity contribution in [3.63, 3.8) is 0 Å². The molecule has 2 aromatic carbocycles. The molecule has 0 aromatic heterocycles. The third-order valence-electron chi connectivity index (χ3n) is 2.85. The topological polar surface area (TPSA) is 54.3 Å². The monoisotopic (exact) mass is 286 g/mol. The maximum absolute atomic E-state index is 13.3. The Balaban J connectivity index is 2.01. The average Bonchev–Trinajstić information content (AvgIpc) is 2.52. The fraction of sp³-hybridized carbons (Fsp3) is 0.188. The van der Waals surface area contributed by atoms with Crippen molar-refractivity contribution in [1.82, 2.24) is 0 Å². The molecule has 0 bridgehead atoms. The highest BCUT2D eigenvalue weighted by molar-refractivity contribution is 5.49. The van der Waals surface area contributed by atoms with E-state index in [9.17, 15) is 4.39 Å². The third kappa shape index (κ3) is 4.11. The van der Waals surface area contributed by atoms with Crippen LogP contribution < -0.4 is 14.8 Å². The minimum Gasteiger partial charge on any atom is -0.494 e. The summed E-state index contributed by atoms with van der Waals surface area (Å²) in [4.78, 5) is 0. The molecule has 0 spiro atoms. The van der Waals surface area contributed by atoms with E-state index in [0.29, 0.717) is 12.3 Å². The summed E-state index contributed by atoms with van der Waals surface area (Å²) in [7, 11) is 1.43. The van der Waals surface area contributed by atoms with E-state index in [1.54, 1.807) is 18.2 Å². The van der Waals surface area contributed by atoms with Crippen LogP contribution in [0.3, 0.4) is 0 Å². The van der Waals surface area contributed by atoms with Crippen molar-refractivity contribution in [1.29, 1.82) is 5.26 Å². The van der Waals surface area contributed by atoms with Crippen molar-refractivity contribution in [2.75, 3.05) is 19.0 Å². The SMILES string of the molecule is COc1cc(NCc2cccc(OCC#N)c2)ccc1F. The predicted octanol–water partition coefficient (Wildman–Crippen LogP) is 3.35. The number of hydrogen-bond acceptors (Lipinski definition) is 4. The first kappa shape index (κ1) is 14.7. The number of nitrogens with zero attached hydrogens (tertiary/aromatic N) is 1. The first-order valence-electron chi connectivity index (χ1n) is 6.39. The second kappa shape index (κ2) is 7.15. The standard InChI is InChI=1S/C16H15FN2O2/c1-20-16-10-13(5-6-15(16)17)19-11-12-3-2-4-14(9-12)21-8-7-18/h2-6,9-10,19H,8,11H2,1H3. The second-order valence-electron chi connectivity index (χ2n) is 4.30. The number of ether oxygens (including phenoxy) is 2. The highest BCUT2D eigenvalue weighted by Crippen LogP contribution is 2.22. The van der Waals surface area contributed by atoms with Gasteiger partial charge in [0.1, 0.15) is 11.8 Å². The summed E-state index contributed by atoms with van der Waals surface area (Å²) < 4.78 is 23.5. The van der Waals surface area contributed by atoms with Crippen molar-refractivity contribution in [2.45, 2.75) is 6.54 Å². The lowest BCUT2D eigenvalue weighted by atomic mass is 10.2. The van der Waals surface area contributed by atoms with Gasteiger partial charge in [0, 0.05) is 18.3 Å². The molecule has 0 fully saturated rings. The maximum atomic E-state index is 13.3. The van der Waals surface area contributed by atoms with Gasteiger partial charge in [-0.25, -0.2) is 4.39 Å². The molecule has 0 saturated carbocycles. The summed E-state index contributed by atoms with van der Waals surface area (Å²) in [6.07, 6.45) is 0. The predicted molar refractivity (Wildman–Crippen MR) is 77.8 cm³/mol. The molecule has 108 valence electrons. The number of anilines is 1. The van der Waals surface area contributed by atoms with Gasteiger partial charge in [-0.1, -0.05) is 12.1 Å². The Labute approximate surface area is 122 Å². The number of halogens is 1. The van der Waals surface area contributed by atoms with E-state index < -0.39 is 5.82 Å². The van der Waals surface area contributed by atoms with Crippen LogP contribution in [0.2, 0.25) is 0 Å². The molecule has 2 rings (SSSR count). The lowest BCUT2D eigenvalue weighted by Gasteiger charge is -2.10. The van der Waals surface area contributed by atoms with Gasteiger partial charge < -0.3 is 14.8 Å². The Morgan fingerprint density at radius 3 is 2.86 bits per heavy atom. The Morgan fingerprint density at radius 1 is 1.24 bits per heavy atom. The largest absolute Gasteiger partial charge is 0.494 e. The van der Waals surface area contributed by atoms with Crippen molar-refractivity contribution in [3.05, 3.63) is 53.8 Å². The molecule has 4 nitrogen and oxygen atoms in total. The molecule has 0 heterocycles. The summed E-state index contributed by atoms with van der Waals surface area (Å²) in [5, 5.41) is 11.7. The van der Waals surface area contributed by atoms with Crippen LogP contribution in [0, 0.1) is 17.1 Å². The fourth-order valence-electron chi connectivity index (χ4n) is 1.83. The van der Waals surface area contributed by atoms with Gasteiger partial charge in [-0.2, -0.15) is 5.26 Å². The zero-order valence-electron chi connectivity index (χ0n) is 11.6. The normalized spacial score (nSPS) is 9.76. The first-order chi connectivity index (χ1) is 10.2. The van der Waals surface area contributed by atoms with Gasteiger partial charge in [0.15, 0.2) is 18.2 Å². The zero-order valence-corrected chi connectivity index (χ0v) is 11.6. The molecule has 21 heavy (non-hydrogen) atoms. The van der Waals surface area contributed by atoms with E-state index in [2.05, 4.69) is 5.32 Å². The van der Waals surface area contributed by atoms with E-state index in [1.807, 2.05) is 24.3 Å². The van der Waals surface area contributed by atoms with Gasteiger partial charge in [0.2, 0.25) is 0 Å². The number of nitriles is 1. The van der Waals surface area contributed by atoms with Crippen LogP contribution in [0.25, 0.3) is 0 Å². The molecular weight excluding hydrogens is 271 g/mol.